The van der Waals surface area contributed by atoms with Gasteiger partial charge in [-0.3, -0.25) is 18.6 Å². The van der Waals surface area contributed by atoms with E-state index in [4.69, 9.17) is 11.6 Å². The number of amides is 1. The zero-order valence-corrected chi connectivity index (χ0v) is 16.7. The minimum absolute atomic E-state index is 0.115. The molecule has 0 unspecified atom stereocenters. The number of carbonyl (C=O) groups is 1. The molecular weight excluding hydrogens is 390 g/mol. The van der Waals surface area contributed by atoms with Crippen LogP contribution in [0, 0.1) is 0 Å². The molecule has 0 fully saturated rings. The first-order valence-corrected chi connectivity index (χ1v) is 9.83. The second-order valence-corrected chi connectivity index (χ2v) is 7.18. The number of para-hydroxylation sites is 2. The molecule has 2 aromatic carbocycles. The number of rotatable bonds is 6. The lowest BCUT2D eigenvalue weighted by Gasteiger charge is -2.13. The minimum atomic E-state index is -0.341. The summed E-state index contributed by atoms with van der Waals surface area (Å²) in [5.74, 6) is 0.459. The number of hydrogen-bond acceptors (Lipinski definition) is 4. The molecule has 0 spiro atoms. The summed E-state index contributed by atoms with van der Waals surface area (Å²) in [5, 5.41) is 11.7. The maximum atomic E-state index is 13.1. The number of nitrogens with zero attached hydrogens (tertiary/aromatic N) is 4. The van der Waals surface area contributed by atoms with E-state index in [0.29, 0.717) is 23.5 Å². The fraction of sp³-hybridized carbons (Fsp3) is 0.238. The normalized spacial score (nSPS) is 11.2. The molecule has 1 amide bonds. The number of carbonyl (C=O) groups excluding carboxylic acids is 1. The number of aryl methyl sites for hydroxylation is 1. The van der Waals surface area contributed by atoms with Gasteiger partial charge >= 0.3 is 0 Å². The van der Waals surface area contributed by atoms with Gasteiger partial charge in [0.05, 0.1) is 11.0 Å². The number of hydrogen-bond donors (Lipinski definition) is 1. The summed E-state index contributed by atoms with van der Waals surface area (Å²) >= 11 is 6.14. The van der Waals surface area contributed by atoms with Crippen molar-refractivity contribution in [2.45, 2.75) is 32.9 Å². The average Bonchev–Trinajstić information content (AvgIpc) is 3.15. The molecular formula is C21H20ClN5O2. The maximum absolute atomic E-state index is 13.1. The molecule has 0 saturated heterocycles. The van der Waals surface area contributed by atoms with E-state index >= 15 is 0 Å². The standard InChI is InChI=1S/C21H20ClN5O2/c1-2-7-18-24-25-20-21(29)26(16-10-5-6-11-17(16)27(18)20)13-19(28)23-12-14-8-3-4-9-15(14)22/h3-6,8-11H,2,7,12-13H2,1H3,(H,23,28). The van der Waals surface area contributed by atoms with E-state index < -0.39 is 0 Å². The Hall–Kier alpha value is -3.19. The highest BCUT2D eigenvalue weighted by Gasteiger charge is 2.17. The van der Waals surface area contributed by atoms with Crippen LogP contribution in [0.5, 0.6) is 0 Å². The number of fused-ring (bicyclic) bond motifs is 3. The Labute approximate surface area is 171 Å². The highest BCUT2D eigenvalue weighted by Crippen LogP contribution is 2.17. The Morgan fingerprint density at radius 2 is 1.79 bits per heavy atom. The Bertz CT molecular complexity index is 1260. The van der Waals surface area contributed by atoms with Gasteiger partial charge in [-0.05, 0) is 30.2 Å². The summed E-state index contributed by atoms with van der Waals surface area (Å²) in [4.78, 5) is 25.6. The van der Waals surface area contributed by atoms with Gasteiger partial charge in [0.1, 0.15) is 12.4 Å². The molecule has 8 heteroatoms. The van der Waals surface area contributed by atoms with E-state index in [1.54, 1.807) is 10.5 Å². The zero-order chi connectivity index (χ0) is 20.4. The largest absolute Gasteiger partial charge is 0.350 e. The summed E-state index contributed by atoms with van der Waals surface area (Å²) < 4.78 is 3.23. The van der Waals surface area contributed by atoms with E-state index in [2.05, 4.69) is 15.5 Å². The van der Waals surface area contributed by atoms with Crippen LogP contribution < -0.4 is 10.9 Å². The Morgan fingerprint density at radius 3 is 2.55 bits per heavy atom. The third-order valence-corrected chi connectivity index (χ3v) is 5.16. The van der Waals surface area contributed by atoms with E-state index in [1.165, 1.54) is 4.57 Å². The maximum Gasteiger partial charge on any atom is 0.297 e. The molecule has 4 rings (SSSR count). The van der Waals surface area contributed by atoms with Gasteiger partial charge in [-0.1, -0.05) is 48.9 Å². The third-order valence-electron chi connectivity index (χ3n) is 4.79. The van der Waals surface area contributed by atoms with Crippen LogP contribution in [0.4, 0.5) is 0 Å². The van der Waals surface area contributed by atoms with Crippen LogP contribution in [0.3, 0.4) is 0 Å². The van der Waals surface area contributed by atoms with Crippen LogP contribution in [0.1, 0.15) is 24.7 Å². The minimum Gasteiger partial charge on any atom is -0.350 e. The van der Waals surface area contributed by atoms with Crippen LogP contribution in [0.15, 0.2) is 53.3 Å². The van der Waals surface area contributed by atoms with E-state index in [0.717, 1.165) is 23.3 Å². The predicted octanol–water partition coefficient (Wildman–Crippen LogP) is 2.97. The van der Waals surface area contributed by atoms with Crippen LogP contribution in [0.25, 0.3) is 16.7 Å². The smallest absolute Gasteiger partial charge is 0.297 e. The van der Waals surface area contributed by atoms with Crippen LogP contribution >= 0.6 is 11.6 Å². The predicted molar refractivity (Wildman–Crippen MR) is 112 cm³/mol. The molecule has 0 aliphatic rings. The summed E-state index contributed by atoms with van der Waals surface area (Å²) in [5.41, 5.74) is 2.17. The van der Waals surface area contributed by atoms with Crippen molar-refractivity contribution >= 4 is 34.2 Å². The van der Waals surface area contributed by atoms with Gasteiger partial charge in [0, 0.05) is 18.0 Å². The molecule has 7 nitrogen and oxygen atoms in total. The summed E-state index contributed by atoms with van der Waals surface area (Å²) in [6, 6.07) is 14.8. The van der Waals surface area contributed by atoms with E-state index in [9.17, 15) is 9.59 Å². The summed E-state index contributed by atoms with van der Waals surface area (Å²) in [6.45, 7) is 2.23. The number of nitrogens with one attached hydrogen (secondary N) is 1. The Balaban J connectivity index is 1.70. The van der Waals surface area contributed by atoms with Crippen molar-refractivity contribution in [3.8, 4) is 0 Å². The van der Waals surface area contributed by atoms with Gasteiger partial charge in [0.15, 0.2) is 0 Å². The van der Waals surface area contributed by atoms with Crippen LogP contribution in [-0.2, 0) is 24.3 Å². The van der Waals surface area contributed by atoms with Gasteiger partial charge < -0.3 is 5.32 Å². The van der Waals surface area contributed by atoms with Crippen molar-refractivity contribution in [3.63, 3.8) is 0 Å². The number of benzene rings is 2. The lowest BCUT2D eigenvalue weighted by Crippen LogP contribution is -2.33. The van der Waals surface area contributed by atoms with Gasteiger partial charge in [-0.15, -0.1) is 10.2 Å². The van der Waals surface area contributed by atoms with E-state index in [-0.39, 0.29) is 23.7 Å². The molecule has 2 heterocycles. The van der Waals surface area contributed by atoms with Crippen molar-refractivity contribution in [2.75, 3.05) is 0 Å². The monoisotopic (exact) mass is 409 g/mol. The molecule has 1 N–H and O–H groups in total. The van der Waals surface area contributed by atoms with Crippen LogP contribution in [0.2, 0.25) is 5.02 Å². The van der Waals surface area contributed by atoms with Gasteiger partial charge in [0.2, 0.25) is 11.6 Å². The fourth-order valence-electron chi connectivity index (χ4n) is 3.40. The first-order chi connectivity index (χ1) is 14.1. The molecule has 0 aliphatic carbocycles. The lowest BCUT2D eigenvalue weighted by atomic mass is 10.2. The van der Waals surface area contributed by atoms with Gasteiger partial charge in [0.25, 0.3) is 5.56 Å². The summed E-state index contributed by atoms with van der Waals surface area (Å²) in [6.07, 6.45) is 1.61. The van der Waals surface area contributed by atoms with Gasteiger partial charge in [-0.25, -0.2) is 0 Å². The molecule has 0 atom stereocenters. The highest BCUT2D eigenvalue weighted by atomic mass is 35.5. The number of halogens is 1. The number of aromatic nitrogens is 4. The molecule has 0 aliphatic heterocycles. The topological polar surface area (TPSA) is 81.3 Å². The Morgan fingerprint density at radius 1 is 1.07 bits per heavy atom. The molecule has 4 aromatic rings. The molecule has 2 aromatic heterocycles. The fourth-order valence-corrected chi connectivity index (χ4v) is 3.60. The first-order valence-electron chi connectivity index (χ1n) is 9.45. The second-order valence-electron chi connectivity index (χ2n) is 6.77. The highest BCUT2D eigenvalue weighted by molar-refractivity contribution is 6.31. The van der Waals surface area contributed by atoms with Crippen molar-refractivity contribution in [1.29, 1.82) is 0 Å². The quantitative estimate of drug-likeness (QED) is 0.530. The third kappa shape index (κ3) is 3.61. The van der Waals surface area contributed by atoms with Crippen molar-refractivity contribution in [1.82, 2.24) is 24.5 Å². The van der Waals surface area contributed by atoms with Crippen molar-refractivity contribution in [2.24, 2.45) is 0 Å². The first kappa shape index (κ1) is 19.1. The molecule has 0 saturated carbocycles. The molecule has 29 heavy (non-hydrogen) atoms. The van der Waals surface area contributed by atoms with Crippen LogP contribution in [-0.4, -0.2) is 25.1 Å². The second kappa shape index (κ2) is 8.05. The average molecular weight is 410 g/mol. The summed E-state index contributed by atoms with van der Waals surface area (Å²) in [7, 11) is 0. The van der Waals surface area contributed by atoms with E-state index in [1.807, 2.05) is 49.4 Å². The Kier molecular flexibility index (Phi) is 5.31. The van der Waals surface area contributed by atoms with Crippen molar-refractivity contribution < 1.29 is 4.79 Å². The molecule has 0 bridgehead atoms. The van der Waals surface area contributed by atoms with Gasteiger partial charge in [-0.2, -0.15) is 0 Å². The molecule has 0 radical (unpaired) electrons. The molecule has 148 valence electrons. The van der Waals surface area contributed by atoms with Crippen molar-refractivity contribution in [3.05, 3.63) is 75.3 Å². The zero-order valence-electron chi connectivity index (χ0n) is 15.9. The lowest BCUT2D eigenvalue weighted by molar-refractivity contribution is -0.121. The SMILES string of the molecule is CCCc1nnc2c(=O)n(CC(=O)NCc3ccccc3Cl)c3ccccc3n12.